The summed E-state index contributed by atoms with van der Waals surface area (Å²) in [5.41, 5.74) is 4.54. The van der Waals surface area contributed by atoms with Crippen LogP contribution in [0.1, 0.15) is 32.3 Å². The summed E-state index contributed by atoms with van der Waals surface area (Å²) < 4.78 is 24.1. The molecule has 2 aromatic heterocycles. The van der Waals surface area contributed by atoms with Gasteiger partial charge in [0.25, 0.3) is 0 Å². The van der Waals surface area contributed by atoms with E-state index in [2.05, 4.69) is 10.5 Å². The highest BCUT2D eigenvalue weighted by molar-refractivity contribution is 7.12. The number of nitrogens with zero attached hydrogens (tertiary/aromatic N) is 1. The van der Waals surface area contributed by atoms with E-state index in [0.29, 0.717) is 10.6 Å². The van der Waals surface area contributed by atoms with Crippen LogP contribution in [0, 0.1) is 19.0 Å². The number of hydrogen-bond donors (Lipinski definition) is 1. The molecular weight excluding hydrogens is 355 g/mol. The van der Waals surface area contributed by atoms with E-state index in [0.717, 1.165) is 28.2 Å². The molecule has 0 fully saturated rings. The summed E-state index contributed by atoms with van der Waals surface area (Å²) in [6.07, 6.45) is 1.37. The van der Waals surface area contributed by atoms with Gasteiger partial charge in [0.05, 0.1) is 11.1 Å². The van der Waals surface area contributed by atoms with Crippen LogP contribution in [-0.4, -0.2) is 12.1 Å². The van der Waals surface area contributed by atoms with E-state index < -0.39 is 5.91 Å². The Bertz CT molecular complexity index is 946. The molecule has 0 aliphatic heterocycles. The van der Waals surface area contributed by atoms with Crippen molar-refractivity contribution in [1.29, 1.82) is 0 Å². The molecule has 0 saturated carbocycles. The standard InChI is InChI=1S/C19H17FN2O3S/c1-12-3-6-16(13(2)9-12)24-11-14-4-7-17(25-14)19(23)22-21-10-15-5-8-18(20)26-15/h3-10H,11H2,1-2H3,(H,22,23)/b21-10-. The number of aryl methyl sites for hydroxylation is 2. The fourth-order valence-electron chi connectivity index (χ4n) is 2.29. The first kappa shape index (κ1) is 17.9. The van der Waals surface area contributed by atoms with E-state index in [-0.39, 0.29) is 17.5 Å². The summed E-state index contributed by atoms with van der Waals surface area (Å²) in [6.45, 7) is 4.21. The lowest BCUT2D eigenvalue weighted by atomic mass is 10.1. The van der Waals surface area contributed by atoms with Gasteiger partial charge in [-0.25, -0.2) is 5.43 Å². The second-order valence-corrected chi connectivity index (χ2v) is 6.73. The average molecular weight is 372 g/mol. The highest BCUT2D eigenvalue weighted by atomic mass is 32.1. The van der Waals surface area contributed by atoms with Gasteiger partial charge in [-0.15, -0.1) is 11.3 Å². The van der Waals surface area contributed by atoms with Gasteiger partial charge in [0.15, 0.2) is 10.9 Å². The molecule has 0 saturated heterocycles. The van der Waals surface area contributed by atoms with Gasteiger partial charge in [0.1, 0.15) is 18.1 Å². The molecule has 0 spiro atoms. The van der Waals surface area contributed by atoms with Gasteiger partial charge in [0, 0.05) is 0 Å². The number of carbonyl (C=O) groups excluding carboxylic acids is 1. The van der Waals surface area contributed by atoms with Gasteiger partial charge in [-0.05, 0) is 49.7 Å². The molecule has 26 heavy (non-hydrogen) atoms. The molecule has 5 nitrogen and oxygen atoms in total. The third-order valence-electron chi connectivity index (χ3n) is 3.54. The van der Waals surface area contributed by atoms with Crippen LogP contribution in [0.2, 0.25) is 0 Å². The Labute approximate surface area is 154 Å². The molecular formula is C19H17FN2O3S. The minimum atomic E-state index is -0.490. The number of halogens is 1. The van der Waals surface area contributed by atoms with E-state index in [1.54, 1.807) is 18.2 Å². The Morgan fingerprint density at radius 2 is 2.12 bits per heavy atom. The van der Waals surface area contributed by atoms with Crippen molar-refractivity contribution in [3.05, 3.63) is 75.1 Å². The van der Waals surface area contributed by atoms with Crippen LogP contribution >= 0.6 is 11.3 Å². The molecule has 0 radical (unpaired) electrons. The maximum Gasteiger partial charge on any atom is 0.307 e. The van der Waals surface area contributed by atoms with Gasteiger partial charge >= 0.3 is 5.91 Å². The third-order valence-corrected chi connectivity index (χ3v) is 4.35. The fraction of sp³-hybridized carbons (Fsp3) is 0.158. The predicted molar refractivity (Wildman–Crippen MR) is 98.3 cm³/mol. The smallest absolute Gasteiger partial charge is 0.307 e. The first-order valence-corrected chi connectivity index (χ1v) is 8.70. The van der Waals surface area contributed by atoms with E-state index >= 15 is 0 Å². The number of hydrazone groups is 1. The lowest BCUT2D eigenvalue weighted by molar-refractivity contribution is 0.0923. The molecule has 7 heteroatoms. The van der Waals surface area contributed by atoms with E-state index in [1.165, 1.54) is 12.3 Å². The molecule has 0 bridgehead atoms. The van der Waals surface area contributed by atoms with Crippen molar-refractivity contribution in [2.24, 2.45) is 5.10 Å². The quantitative estimate of drug-likeness (QED) is 0.514. The minimum absolute atomic E-state index is 0.124. The summed E-state index contributed by atoms with van der Waals surface area (Å²) in [4.78, 5) is 12.6. The van der Waals surface area contributed by atoms with Crippen LogP contribution in [0.3, 0.4) is 0 Å². The number of thiophene rings is 1. The molecule has 3 aromatic rings. The number of furan rings is 1. The van der Waals surface area contributed by atoms with Gasteiger partial charge in [-0.1, -0.05) is 17.7 Å². The van der Waals surface area contributed by atoms with Crippen LogP contribution in [0.4, 0.5) is 4.39 Å². The number of carbonyl (C=O) groups is 1. The van der Waals surface area contributed by atoms with E-state index in [4.69, 9.17) is 9.15 Å². The van der Waals surface area contributed by atoms with Crippen molar-refractivity contribution in [2.45, 2.75) is 20.5 Å². The van der Waals surface area contributed by atoms with Gasteiger partial charge in [0.2, 0.25) is 0 Å². The molecule has 2 heterocycles. The Hall–Kier alpha value is -2.93. The molecule has 0 atom stereocenters. The predicted octanol–water partition coefficient (Wildman–Crippen LogP) is 4.44. The zero-order valence-electron chi connectivity index (χ0n) is 14.3. The van der Waals surface area contributed by atoms with Gasteiger partial charge in [-0.2, -0.15) is 9.49 Å². The second-order valence-electron chi connectivity index (χ2n) is 5.66. The van der Waals surface area contributed by atoms with Crippen molar-refractivity contribution in [2.75, 3.05) is 0 Å². The highest BCUT2D eigenvalue weighted by Gasteiger charge is 2.11. The van der Waals surface area contributed by atoms with Crippen LogP contribution in [0.25, 0.3) is 0 Å². The number of nitrogens with one attached hydrogen (secondary N) is 1. The molecule has 134 valence electrons. The minimum Gasteiger partial charge on any atom is -0.485 e. The van der Waals surface area contributed by atoms with Crippen molar-refractivity contribution in [3.8, 4) is 5.75 Å². The Morgan fingerprint density at radius 3 is 2.85 bits per heavy atom. The molecule has 1 N–H and O–H groups in total. The summed E-state index contributed by atoms with van der Waals surface area (Å²) in [5, 5.41) is 3.47. The zero-order valence-corrected chi connectivity index (χ0v) is 15.1. The SMILES string of the molecule is Cc1ccc(OCc2ccc(C(=O)N/N=C\c3ccc(F)s3)o2)c(C)c1. The Balaban J connectivity index is 1.55. The number of amides is 1. The lowest BCUT2D eigenvalue weighted by Gasteiger charge is -2.08. The summed E-state index contributed by atoms with van der Waals surface area (Å²) in [5.74, 6) is 0.931. The molecule has 1 amide bonds. The number of benzene rings is 1. The largest absolute Gasteiger partial charge is 0.485 e. The molecule has 1 aromatic carbocycles. The maximum atomic E-state index is 12.9. The monoisotopic (exact) mass is 372 g/mol. The summed E-state index contributed by atoms with van der Waals surface area (Å²) >= 11 is 0.939. The van der Waals surface area contributed by atoms with Crippen LogP contribution in [0.15, 0.2) is 52.0 Å². The first-order valence-electron chi connectivity index (χ1n) is 7.89. The number of rotatable bonds is 6. The highest BCUT2D eigenvalue weighted by Crippen LogP contribution is 2.20. The Morgan fingerprint density at radius 1 is 1.27 bits per heavy atom. The third kappa shape index (κ3) is 4.58. The van der Waals surface area contributed by atoms with Crippen LogP contribution < -0.4 is 10.2 Å². The molecule has 3 rings (SSSR count). The topological polar surface area (TPSA) is 63.8 Å². The van der Waals surface area contributed by atoms with Crippen molar-refractivity contribution in [1.82, 2.24) is 5.43 Å². The summed E-state index contributed by atoms with van der Waals surface area (Å²) in [7, 11) is 0. The number of hydrogen-bond acceptors (Lipinski definition) is 5. The lowest BCUT2D eigenvalue weighted by Crippen LogP contribution is -2.16. The second kappa shape index (κ2) is 7.97. The van der Waals surface area contributed by atoms with Crippen molar-refractivity contribution < 1.29 is 18.3 Å². The summed E-state index contributed by atoms with van der Waals surface area (Å²) in [6, 6.07) is 12.1. The zero-order chi connectivity index (χ0) is 18.5. The maximum absolute atomic E-state index is 12.9. The van der Waals surface area contributed by atoms with Crippen molar-refractivity contribution in [3.63, 3.8) is 0 Å². The van der Waals surface area contributed by atoms with Gasteiger partial charge in [-0.3, -0.25) is 4.79 Å². The normalized spacial score (nSPS) is 11.0. The van der Waals surface area contributed by atoms with Crippen molar-refractivity contribution >= 4 is 23.5 Å². The molecule has 0 aliphatic carbocycles. The Kier molecular flexibility index (Phi) is 5.48. The van der Waals surface area contributed by atoms with Crippen LogP contribution in [0.5, 0.6) is 5.75 Å². The van der Waals surface area contributed by atoms with Gasteiger partial charge < -0.3 is 9.15 Å². The van der Waals surface area contributed by atoms with E-state index in [9.17, 15) is 9.18 Å². The van der Waals surface area contributed by atoms with E-state index in [1.807, 2.05) is 32.0 Å². The molecule has 0 aliphatic rings. The first-order chi connectivity index (χ1) is 12.5. The molecule has 0 unspecified atom stereocenters. The fourth-order valence-corrected chi connectivity index (χ4v) is 2.90. The van der Waals surface area contributed by atoms with Crippen LogP contribution in [-0.2, 0) is 6.61 Å². The number of ether oxygens (including phenoxy) is 1. The average Bonchev–Trinajstić information content (AvgIpc) is 3.23.